The van der Waals surface area contributed by atoms with Crippen molar-refractivity contribution in [2.45, 2.75) is 38.0 Å². The number of benzene rings is 2. The third kappa shape index (κ3) is 5.57. The van der Waals surface area contributed by atoms with Gasteiger partial charge in [-0.15, -0.1) is 0 Å². The molecule has 2 aromatic carbocycles. The Morgan fingerprint density at radius 2 is 1.77 bits per heavy atom. The zero-order valence-corrected chi connectivity index (χ0v) is 20.3. The summed E-state index contributed by atoms with van der Waals surface area (Å²) in [7, 11) is 0. The number of nitro groups is 1. The fraction of sp³-hybridized carbons (Fsp3) is 0.375. The maximum Gasteiger partial charge on any atom is 0.414 e. The molecule has 5 rings (SSSR count). The van der Waals surface area contributed by atoms with E-state index in [0.717, 1.165) is 43.1 Å². The van der Waals surface area contributed by atoms with Gasteiger partial charge in [0.15, 0.2) is 0 Å². The fourth-order valence-corrected chi connectivity index (χ4v) is 4.54. The van der Waals surface area contributed by atoms with E-state index in [1.807, 2.05) is 30.3 Å². The van der Waals surface area contributed by atoms with Crippen molar-refractivity contribution in [3.8, 4) is 17.5 Å². The monoisotopic (exact) mass is 518 g/mol. The molecular weight excluding hydrogens is 495 g/mol. The van der Waals surface area contributed by atoms with Gasteiger partial charge in [0.2, 0.25) is 0 Å². The molecule has 3 aromatic rings. The average Bonchev–Trinajstić information content (AvgIpc) is 3.30. The van der Waals surface area contributed by atoms with E-state index in [1.165, 1.54) is 6.20 Å². The smallest absolute Gasteiger partial charge is 0.414 e. The van der Waals surface area contributed by atoms with Crippen LogP contribution in [-0.2, 0) is 6.54 Å². The number of nitrogens with zero attached hydrogens (tertiary/aromatic N) is 4. The predicted octanol–water partition coefficient (Wildman–Crippen LogP) is 5.38. The minimum absolute atomic E-state index is 0.138. The predicted molar refractivity (Wildman–Crippen MR) is 132 cm³/mol. The number of piperidine rings is 1. The Morgan fingerprint density at radius 3 is 2.49 bits per heavy atom. The van der Waals surface area contributed by atoms with E-state index in [1.54, 1.807) is 16.7 Å². The Balaban J connectivity index is 1.09. The number of hydrogen-bond acceptors (Lipinski definition) is 7. The standard InChI is InChI=1S/C24H24Cl2N4O5/c25-21-6-5-19(13-22(21)26)34-18-7-10-28(11-8-18)16-1-3-17(4-2-16)33-15-20-9-12-29-14-23(30(31)32)27-24(29)35-20/h1-6,13-14,18,20H,7-12,15H2. The number of imidazole rings is 1. The van der Waals surface area contributed by atoms with Crippen molar-refractivity contribution in [2.75, 3.05) is 24.6 Å². The van der Waals surface area contributed by atoms with E-state index in [4.69, 9.17) is 37.4 Å². The number of aromatic nitrogens is 2. The molecule has 0 saturated carbocycles. The van der Waals surface area contributed by atoms with Crippen LogP contribution in [0.5, 0.6) is 17.5 Å². The summed E-state index contributed by atoms with van der Waals surface area (Å²) in [6, 6.07) is 13.6. The molecule has 184 valence electrons. The van der Waals surface area contributed by atoms with Crippen molar-refractivity contribution in [1.82, 2.24) is 9.55 Å². The zero-order valence-electron chi connectivity index (χ0n) is 18.8. The molecule has 1 fully saturated rings. The highest BCUT2D eigenvalue weighted by molar-refractivity contribution is 6.42. The van der Waals surface area contributed by atoms with Gasteiger partial charge >= 0.3 is 11.8 Å². The largest absolute Gasteiger partial charge is 0.490 e. The number of hydrogen-bond donors (Lipinski definition) is 0. The molecule has 0 amide bonds. The van der Waals surface area contributed by atoms with Crippen LogP contribution in [0.4, 0.5) is 11.5 Å². The Kier molecular flexibility index (Phi) is 6.88. The van der Waals surface area contributed by atoms with Crippen molar-refractivity contribution < 1.29 is 19.1 Å². The van der Waals surface area contributed by atoms with Crippen LogP contribution in [0.15, 0.2) is 48.7 Å². The van der Waals surface area contributed by atoms with Crippen LogP contribution >= 0.6 is 23.2 Å². The molecule has 0 aliphatic carbocycles. The Hall–Kier alpha value is -3.17. The molecule has 11 heteroatoms. The van der Waals surface area contributed by atoms with Gasteiger partial charge in [0.1, 0.15) is 36.5 Å². The number of anilines is 1. The lowest BCUT2D eigenvalue weighted by Crippen LogP contribution is -2.38. The van der Waals surface area contributed by atoms with Crippen LogP contribution < -0.4 is 19.1 Å². The highest BCUT2D eigenvalue weighted by Gasteiger charge is 2.28. The van der Waals surface area contributed by atoms with Crippen molar-refractivity contribution in [3.63, 3.8) is 0 Å². The molecule has 9 nitrogen and oxygen atoms in total. The second-order valence-corrected chi connectivity index (χ2v) is 9.36. The van der Waals surface area contributed by atoms with Gasteiger partial charge in [-0.2, -0.15) is 0 Å². The number of rotatable bonds is 7. The van der Waals surface area contributed by atoms with Gasteiger partial charge in [-0.05, 0) is 41.3 Å². The van der Waals surface area contributed by atoms with Crippen LogP contribution in [0, 0.1) is 10.1 Å². The lowest BCUT2D eigenvalue weighted by molar-refractivity contribution is -0.389. The molecule has 1 unspecified atom stereocenters. The maximum absolute atomic E-state index is 10.9. The van der Waals surface area contributed by atoms with Gasteiger partial charge in [-0.3, -0.25) is 4.57 Å². The molecule has 0 radical (unpaired) electrons. The highest BCUT2D eigenvalue weighted by atomic mass is 35.5. The second kappa shape index (κ2) is 10.2. The third-order valence-electron chi connectivity index (χ3n) is 6.15. The zero-order chi connectivity index (χ0) is 24.4. The van der Waals surface area contributed by atoms with E-state index >= 15 is 0 Å². The third-order valence-corrected chi connectivity index (χ3v) is 6.89. The van der Waals surface area contributed by atoms with Crippen LogP contribution in [-0.4, -0.2) is 46.4 Å². The molecule has 1 aromatic heterocycles. The summed E-state index contributed by atoms with van der Waals surface area (Å²) < 4.78 is 19.4. The lowest BCUT2D eigenvalue weighted by atomic mass is 10.1. The summed E-state index contributed by atoms with van der Waals surface area (Å²) in [4.78, 5) is 16.6. The maximum atomic E-state index is 10.9. The number of ether oxygens (including phenoxy) is 3. The summed E-state index contributed by atoms with van der Waals surface area (Å²) >= 11 is 12.1. The minimum Gasteiger partial charge on any atom is -0.490 e. The van der Waals surface area contributed by atoms with Gasteiger partial charge in [0.25, 0.3) is 0 Å². The summed E-state index contributed by atoms with van der Waals surface area (Å²) in [5, 5.41) is 11.9. The first kappa shape index (κ1) is 23.6. The van der Waals surface area contributed by atoms with Crippen LogP contribution in [0.1, 0.15) is 19.3 Å². The second-order valence-electron chi connectivity index (χ2n) is 8.55. The average molecular weight is 519 g/mol. The summed E-state index contributed by atoms with van der Waals surface area (Å²) in [6.07, 6.45) is 3.83. The summed E-state index contributed by atoms with van der Waals surface area (Å²) in [5.41, 5.74) is 1.13. The van der Waals surface area contributed by atoms with E-state index in [-0.39, 0.29) is 24.0 Å². The molecule has 1 atom stereocenters. The summed E-state index contributed by atoms with van der Waals surface area (Å²) in [6.45, 7) is 2.73. The fourth-order valence-electron chi connectivity index (χ4n) is 4.25. The molecule has 0 bridgehead atoms. The molecule has 2 aliphatic heterocycles. The van der Waals surface area contributed by atoms with Crippen molar-refractivity contribution in [2.24, 2.45) is 0 Å². The first-order valence-electron chi connectivity index (χ1n) is 11.4. The quantitative estimate of drug-likeness (QED) is 0.306. The highest BCUT2D eigenvalue weighted by Crippen LogP contribution is 2.30. The topological polar surface area (TPSA) is 91.9 Å². The van der Waals surface area contributed by atoms with Gasteiger partial charge in [0, 0.05) is 55.6 Å². The normalized spacial score (nSPS) is 18.0. The Labute approximate surface area is 212 Å². The number of halogens is 2. The first-order valence-corrected chi connectivity index (χ1v) is 12.2. The van der Waals surface area contributed by atoms with Crippen LogP contribution in [0.25, 0.3) is 0 Å². The van der Waals surface area contributed by atoms with E-state index in [2.05, 4.69) is 9.88 Å². The molecule has 35 heavy (non-hydrogen) atoms. The molecule has 0 N–H and O–H groups in total. The Morgan fingerprint density at radius 1 is 1.03 bits per heavy atom. The van der Waals surface area contributed by atoms with Gasteiger partial charge < -0.3 is 29.2 Å². The molecule has 3 heterocycles. The van der Waals surface area contributed by atoms with Crippen molar-refractivity contribution in [1.29, 1.82) is 0 Å². The van der Waals surface area contributed by atoms with Crippen molar-refractivity contribution >= 4 is 34.7 Å². The molecule has 1 saturated heterocycles. The van der Waals surface area contributed by atoms with E-state index in [0.29, 0.717) is 29.6 Å². The summed E-state index contributed by atoms with van der Waals surface area (Å²) in [5.74, 6) is 1.28. The van der Waals surface area contributed by atoms with Gasteiger partial charge in [0.05, 0.1) is 10.0 Å². The van der Waals surface area contributed by atoms with Crippen LogP contribution in [0.3, 0.4) is 0 Å². The van der Waals surface area contributed by atoms with Gasteiger partial charge in [-0.1, -0.05) is 23.2 Å². The lowest BCUT2D eigenvalue weighted by Gasteiger charge is -2.33. The van der Waals surface area contributed by atoms with E-state index < -0.39 is 4.92 Å². The Bertz CT molecular complexity index is 1200. The van der Waals surface area contributed by atoms with Crippen LogP contribution in [0.2, 0.25) is 10.0 Å². The first-order chi connectivity index (χ1) is 16.9. The number of aryl methyl sites for hydroxylation is 1. The van der Waals surface area contributed by atoms with Gasteiger partial charge in [-0.25, -0.2) is 0 Å². The minimum atomic E-state index is -0.521. The molecule has 2 aliphatic rings. The SMILES string of the molecule is O=[N+]([O-])c1cn2c(n1)OC(COc1ccc(N3CCC(Oc4ccc(Cl)c(Cl)c4)CC3)cc1)CC2. The van der Waals surface area contributed by atoms with Crippen molar-refractivity contribution in [3.05, 3.63) is 68.8 Å². The van der Waals surface area contributed by atoms with E-state index in [9.17, 15) is 10.1 Å². The molecular formula is C24H24Cl2N4O5. The molecule has 0 spiro atoms. The number of fused-ring (bicyclic) bond motifs is 1.